The molecule has 21 heavy (non-hydrogen) atoms. The van der Waals surface area contributed by atoms with Gasteiger partial charge in [-0.3, -0.25) is 0 Å². The lowest BCUT2D eigenvalue weighted by molar-refractivity contribution is 0.469. The molecule has 0 bridgehead atoms. The minimum absolute atomic E-state index is 0.604. The van der Waals surface area contributed by atoms with E-state index in [2.05, 4.69) is 35.4 Å². The van der Waals surface area contributed by atoms with Crippen molar-refractivity contribution >= 4 is 16.6 Å². The molecular formula is C18H18N2O. The van der Waals surface area contributed by atoms with Gasteiger partial charge in [-0.2, -0.15) is 4.98 Å². The van der Waals surface area contributed by atoms with E-state index in [4.69, 9.17) is 4.74 Å². The van der Waals surface area contributed by atoms with Crippen LogP contribution in [0.4, 0.5) is 5.82 Å². The Labute approximate surface area is 124 Å². The first-order valence-electron chi connectivity index (χ1n) is 7.23. The van der Waals surface area contributed by atoms with Gasteiger partial charge in [-0.15, -0.1) is 0 Å². The number of hydrogen-bond donors (Lipinski definition) is 1. The molecule has 1 heterocycles. The minimum atomic E-state index is 0.604. The Hall–Kier alpha value is -2.55. The molecule has 106 valence electrons. The fourth-order valence-electron chi connectivity index (χ4n) is 2.22. The quantitative estimate of drug-likeness (QED) is 0.724. The van der Waals surface area contributed by atoms with Gasteiger partial charge in [-0.25, -0.2) is 0 Å². The van der Waals surface area contributed by atoms with Crippen LogP contribution in [-0.2, 0) is 0 Å². The number of pyridine rings is 1. The summed E-state index contributed by atoms with van der Waals surface area (Å²) in [6, 6.07) is 20.0. The highest BCUT2D eigenvalue weighted by Gasteiger charge is 2.04. The van der Waals surface area contributed by atoms with E-state index in [9.17, 15) is 0 Å². The third-order valence-corrected chi connectivity index (χ3v) is 3.24. The van der Waals surface area contributed by atoms with Crippen molar-refractivity contribution in [2.24, 2.45) is 0 Å². The van der Waals surface area contributed by atoms with Crippen LogP contribution >= 0.6 is 0 Å². The van der Waals surface area contributed by atoms with Crippen LogP contribution in [0.15, 0.2) is 60.7 Å². The molecule has 3 rings (SSSR count). The standard InChI is InChI=1S/C18H18N2O/c1-2-13-19-17-11-6-12-18(20-17)21-16-10-5-8-14-7-3-4-9-15(14)16/h3-12H,2,13H2,1H3,(H,19,20). The normalized spacial score (nSPS) is 10.5. The number of hydrogen-bond acceptors (Lipinski definition) is 3. The fraction of sp³-hybridized carbons (Fsp3) is 0.167. The highest BCUT2D eigenvalue weighted by atomic mass is 16.5. The molecule has 3 heteroatoms. The first kappa shape index (κ1) is 13.4. The van der Waals surface area contributed by atoms with Crippen molar-refractivity contribution < 1.29 is 4.74 Å². The summed E-state index contributed by atoms with van der Waals surface area (Å²) in [6.45, 7) is 3.04. The number of aromatic nitrogens is 1. The number of benzene rings is 2. The second kappa shape index (κ2) is 6.27. The molecule has 3 nitrogen and oxygen atoms in total. The van der Waals surface area contributed by atoms with Crippen molar-refractivity contribution in [3.8, 4) is 11.6 Å². The molecule has 0 unspecified atom stereocenters. The lowest BCUT2D eigenvalue weighted by Crippen LogP contribution is -2.02. The van der Waals surface area contributed by atoms with Crippen LogP contribution in [0.5, 0.6) is 11.6 Å². The van der Waals surface area contributed by atoms with Crippen molar-refractivity contribution in [1.82, 2.24) is 4.98 Å². The SMILES string of the molecule is CCCNc1cccc(Oc2cccc3ccccc23)n1. The number of fused-ring (bicyclic) bond motifs is 1. The van der Waals surface area contributed by atoms with Gasteiger partial charge in [-0.1, -0.05) is 49.4 Å². The molecule has 1 aromatic heterocycles. The lowest BCUT2D eigenvalue weighted by atomic mass is 10.1. The average Bonchev–Trinajstić information content (AvgIpc) is 2.54. The summed E-state index contributed by atoms with van der Waals surface area (Å²) in [5, 5.41) is 5.52. The molecule has 0 radical (unpaired) electrons. The van der Waals surface area contributed by atoms with Gasteiger partial charge < -0.3 is 10.1 Å². The predicted molar refractivity (Wildman–Crippen MR) is 87.0 cm³/mol. The number of ether oxygens (including phenoxy) is 1. The van der Waals surface area contributed by atoms with Gasteiger partial charge in [0, 0.05) is 18.0 Å². The highest BCUT2D eigenvalue weighted by Crippen LogP contribution is 2.29. The van der Waals surface area contributed by atoms with E-state index in [1.54, 1.807) is 0 Å². The fourth-order valence-corrected chi connectivity index (χ4v) is 2.22. The maximum Gasteiger partial charge on any atom is 0.221 e. The van der Waals surface area contributed by atoms with E-state index in [1.807, 2.05) is 42.5 Å². The van der Waals surface area contributed by atoms with Crippen LogP contribution in [0.2, 0.25) is 0 Å². The molecule has 3 aromatic rings. The van der Waals surface area contributed by atoms with Crippen molar-refractivity contribution in [3.05, 3.63) is 60.7 Å². The summed E-state index contributed by atoms with van der Waals surface area (Å²) in [5.41, 5.74) is 0. The van der Waals surface area contributed by atoms with Crippen LogP contribution in [0, 0.1) is 0 Å². The molecule has 0 aliphatic carbocycles. The van der Waals surface area contributed by atoms with Crippen molar-refractivity contribution in [1.29, 1.82) is 0 Å². The summed E-state index contributed by atoms with van der Waals surface area (Å²) in [4.78, 5) is 4.48. The minimum Gasteiger partial charge on any atom is -0.438 e. The van der Waals surface area contributed by atoms with Crippen molar-refractivity contribution in [2.75, 3.05) is 11.9 Å². The van der Waals surface area contributed by atoms with Gasteiger partial charge in [0.1, 0.15) is 11.6 Å². The molecule has 0 amide bonds. The van der Waals surface area contributed by atoms with E-state index >= 15 is 0 Å². The van der Waals surface area contributed by atoms with Gasteiger partial charge in [0.05, 0.1) is 0 Å². The van der Waals surface area contributed by atoms with Gasteiger partial charge in [0.15, 0.2) is 0 Å². The number of nitrogens with one attached hydrogen (secondary N) is 1. The largest absolute Gasteiger partial charge is 0.438 e. The molecule has 2 aromatic carbocycles. The van der Waals surface area contributed by atoms with Crippen LogP contribution in [0.1, 0.15) is 13.3 Å². The molecular weight excluding hydrogens is 260 g/mol. The van der Waals surface area contributed by atoms with Crippen LogP contribution < -0.4 is 10.1 Å². The topological polar surface area (TPSA) is 34.1 Å². The zero-order valence-corrected chi connectivity index (χ0v) is 12.0. The van der Waals surface area contributed by atoms with E-state index in [1.165, 1.54) is 0 Å². The number of rotatable bonds is 5. The molecule has 0 saturated carbocycles. The second-order valence-corrected chi connectivity index (χ2v) is 4.87. The van der Waals surface area contributed by atoms with Gasteiger partial charge in [0.2, 0.25) is 5.88 Å². The number of anilines is 1. The predicted octanol–water partition coefficient (Wildman–Crippen LogP) is 4.85. The summed E-state index contributed by atoms with van der Waals surface area (Å²) < 4.78 is 5.96. The van der Waals surface area contributed by atoms with Crippen LogP contribution in [-0.4, -0.2) is 11.5 Å². The molecule has 0 fully saturated rings. The maximum absolute atomic E-state index is 5.96. The van der Waals surface area contributed by atoms with Gasteiger partial charge >= 0.3 is 0 Å². The summed E-state index contributed by atoms with van der Waals surface area (Å²) >= 11 is 0. The Balaban J connectivity index is 1.88. The monoisotopic (exact) mass is 278 g/mol. The van der Waals surface area contributed by atoms with Crippen molar-refractivity contribution in [3.63, 3.8) is 0 Å². The zero-order chi connectivity index (χ0) is 14.5. The first-order valence-corrected chi connectivity index (χ1v) is 7.23. The van der Waals surface area contributed by atoms with Crippen molar-refractivity contribution in [2.45, 2.75) is 13.3 Å². The second-order valence-electron chi connectivity index (χ2n) is 4.87. The third kappa shape index (κ3) is 3.14. The molecule has 0 spiro atoms. The molecule has 1 N–H and O–H groups in total. The highest BCUT2D eigenvalue weighted by molar-refractivity contribution is 5.88. The van der Waals surface area contributed by atoms with Crippen LogP contribution in [0.25, 0.3) is 10.8 Å². The molecule has 0 atom stereocenters. The van der Waals surface area contributed by atoms with E-state index in [-0.39, 0.29) is 0 Å². The van der Waals surface area contributed by atoms with E-state index < -0.39 is 0 Å². The molecule has 0 aliphatic heterocycles. The van der Waals surface area contributed by atoms with Gasteiger partial charge in [0.25, 0.3) is 0 Å². The Morgan fingerprint density at radius 3 is 2.67 bits per heavy atom. The Bertz CT molecular complexity index is 735. The van der Waals surface area contributed by atoms with Gasteiger partial charge in [-0.05, 0) is 23.9 Å². The zero-order valence-electron chi connectivity index (χ0n) is 12.0. The summed E-state index contributed by atoms with van der Waals surface area (Å²) in [5.74, 6) is 2.27. The Kier molecular flexibility index (Phi) is 4.01. The lowest BCUT2D eigenvalue weighted by Gasteiger charge is -2.10. The average molecular weight is 278 g/mol. The number of nitrogens with zero attached hydrogens (tertiary/aromatic N) is 1. The summed E-state index contributed by atoms with van der Waals surface area (Å²) in [7, 11) is 0. The van der Waals surface area contributed by atoms with E-state index in [0.717, 1.165) is 35.3 Å². The van der Waals surface area contributed by atoms with E-state index in [0.29, 0.717) is 5.88 Å². The smallest absolute Gasteiger partial charge is 0.221 e. The first-order chi connectivity index (χ1) is 10.4. The third-order valence-electron chi connectivity index (χ3n) is 3.24. The molecule has 0 saturated heterocycles. The Morgan fingerprint density at radius 2 is 1.76 bits per heavy atom. The van der Waals surface area contributed by atoms with Crippen LogP contribution in [0.3, 0.4) is 0 Å². The summed E-state index contributed by atoms with van der Waals surface area (Å²) in [6.07, 6.45) is 1.07. The Morgan fingerprint density at radius 1 is 0.952 bits per heavy atom. The molecule has 0 aliphatic rings. The maximum atomic E-state index is 5.96.